The number of benzene rings is 2. The first-order chi connectivity index (χ1) is 14.4. The highest BCUT2D eigenvalue weighted by Gasteiger charge is 2.19. The Morgan fingerprint density at radius 2 is 1.93 bits per heavy atom. The van der Waals surface area contributed by atoms with E-state index in [1.165, 1.54) is 0 Å². The van der Waals surface area contributed by atoms with Gasteiger partial charge in [0.25, 0.3) is 5.91 Å². The average Bonchev–Trinajstić information content (AvgIpc) is 3.00. The Morgan fingerprint density at radius 1 is 1.20 bits per heavy atom. The number of amides is 2. The number of anilines is 2. The maximum Gasteiger partial charge on any atom is 0.255 e. The van der Waals surface area contributed by atoms with E-state index in [9.17, 15) is 9.59 Å². The summed E-state index contributed by atoms with van der Waals surface area (Å²) >= 11 is 6.22. The normalized spacial score (nSPS) is 12.9. The average molecular weight is 425 g/mol. The minimum Gasteiger partial charge on any atom is -0.495 e. The molecule has 0 saturated heterocycles. The topological polar surface area (TPSA) is 85.2 Å². The predicted molar refractivity (Wildman–Crippen MR) is 116 cm³/mol. The van der Waals surface area contributed by atoms with Gasteiger partial charge in [-0.05, 0) is 62.2 Å². The van der Waals surface area contributed by atoms with Crippen LogP contribution in [0.1, 0.15) is 33.7 Å². The highest BCUT2D eigenvalue weighted by Crippen LogP contribution is 2.34. The summed E-state index contributed by atoms with van der Waals surface area (Å²) in [4.78, 5) is 24.5. The lowest BCUT2D eigenvalue weighted by atomic mass is 10.0. The summed E-state index contributed by atoms with van der Waals surface area (Å²) in [6, 6.07) is 10.7. The van der Waals surface area contributed by atoms with E-state index in [-0.39, 0.29) is 11.8 Å². The minimum atomic E-state index is -0.284. The van der Waals surface area contributed by atoms with Crippen LogP contribution in [0.5, 0.6) is 5.75 Å². The monoisotopic (exact) mass is 424 g/mol. The van der Waals surface area contributed by atoms with E-state index in [1.54, 1.807) is 30.0 Å². The number of hydrogen-bond acceptors (Lipinski definition) is 4. The molecule has 0 spiro atoms. The van der Waals surface area contributed by atoms with E-state index in [0.29, 0.717) is 40.6 Å². The largest absolute Gasteiger partial charge is 0.495 e. The van der Waals surface area contributed by atoms with E-state index in [4.69, 9.17) is 16.3 Å². The molecule has 3 aromatic rings. The minimum absolute atomic E-state index is 0.0372. The quantitative estimate of drug-likeness (QED) is 0.654. The number of carbonyl (C=O) groups is 2. The molecular weight excluding hydrogens is 404 g/mol. The second-order valence-corrected chi connectivity index (χ2v) is 7.53. The van der Waals surface area contributed by atoms with Crippen LogP contribution in [0.3, 0.4) is 0 Å². The van der Waals surface area contributed by atoms with Crippen molar-refractivity contribution in [2.24, 2.45) is 0 Å². The molecule has 4 rings (SSSR count). The number of fused-ring (bicyclic) bond motifs is 1. The van der Waals surface area contributed by atoms with E-state index in [0.717, 1.165) is 22.6 Å². The third-order valence-electron chi connectivity index (χ3n) is 5.15. The number of aromatic nitrogens is 2. The van der Waals surface area contributed by atoms with Gasteiger partial charge in [0.15, 0.2) is 0 Å². The van der Waals surface area contributed by atoms with Crippen molar-refractivity contribution in [3.05, 3.63) is 63.9 Å². The van der Waals surface area contributed by atoms with Gasteiger partial charge in [-0.1, -0.05) is 11.6 Å². The molecule has 2 aromatic carbocycles. The van der Waals surface area contributed by atoms with Gasteiger partial charge in [0, 0.05) is 17.7 Å². The van der Waals surface area contributed by atoms with Crippen molar-refractivity contribution >= 4 is 34.8 Å². The smallest absolute Gasteiger partial charge is 0.255 e. The number of nitrogens with one attached hydrogen (secondary N) is 2. The van der Waals surface area contributed by atoms with Crippen LogP contribution in [0, 0.1) is 13.8 Å². The number of rotatable bonds is 4. The summed E-state index contributed by atoms with van der Waals surface area (Å²) in [5.41, 5.74) is 5.06. The third kappa shape index (κ3) is 3.64. The zero-order chi connectivity index (χ0) is 21.4. The Kier molecular flexibility index (Phi) is 5.22. The molecule has 1 aliphatic rings. The Balaban J connectivity index is 1.57. The fourth-order valence-corrected chi connectivity index (χ4v) is 3.61. The lowest BCUT2D eigenvalue weighted by Gasteiger charge is -2.20. The number of methoxy groups -OCH3 is 1. The summed E-state index contributed by atoms with van der Waals surface area (Å²) in [6.07, 6.45) is 1.08. The highest BCUT2D eigenvalue weighted by molar-refractivity contribution is 6.31. The molecule has 0 saturated carbocycles. The Bertz CT molecular complexity index is 1150. The van der Waals surface area contributed by atoms with E-state index in [1.807, 2.05) is 32.0 Å². The fraction of sp³-hybridized carbons (Fsp3) is 0.227. The number of ether oxygens (including phenoxy) is 1. The Labute approximate surface area is 179 Å². The maximum absolute atomic E-state index is 12.8. The van der Waals surface area contributed by atoms with E-state index >= 15 is 0 Å². The molecule has 0 atom stereocenters. The van der Waals surface area contributed by atoms with Crippen molar-refractivity contribution in [1.29, 1.82) is 0 Å². The standard InChI is InChI=1S/C22H21ClN4O3/c1-12-21(23)13(2)27(26-12)16-7-4-14(5-8-16)22(29)25-18-11-17-15(10-19(18)30-3)6-9-20(28)24-17/h4-5,7-8,10-11H,6,9H2,1-3H3,(H,24,28)(H,25,29). The molecule has 154 valence electrons. The SMILES string of the molecule is COc1cc2c(cc1NC(=O)c1ccc(-n3nc(C)c(Cl)c3C)cc1)NC(=O)CC2. The van der Waals surface area contributed by atoms with Gasteiger partial charge in [-0.15, -0.1) is 0 Å². The van der Waals surface area contributed by atoms with Crippen LogP contribution in [-0.4, -0.2) is 28.7 Å². The second-order valence-electron chi connectivity index (χ2n) is 7.16. The molecule has 8 heteroatoms. The summed E-state index contributed by atoms with van der Waals surface area (Å²) in [6.45, 7) is 3.74. The molecule has 0 fully saturated rings. The second kappa shape index (κ2) is 7.84. The van der Waals surface area contributed by atoms with Gasteiger partial charge >= 0.3 is 0 Å². The molecule has 0 unspecified atom stereocenters. The van der Waals surface area contributed by atoms with Crippen molar-refractivity contribution in [2.45, 2.75) is 26.7 Å². The van der Waals surface area contributed by atoms with Crippen LogP contribution < -0.4 is 15.4 Å². The molecule has 0 aliphatic carbocycles. The number of aryl methyl sites for hydroxylation is 2. The highest BCUT2D eigenvalue weighted by atomic mass is 35.5. The number of halogens is 1. The number of carbonyl (C=O) groups excluding carboxylic acids is 2. The van der Waals surface area contributed by atoms with Crippen molar-refractivity contribution < 1.29 is 14.3 Å². The Morgan fingerprint density at radius 3 is 2.57 bits per heavy atom. The molecule has 1 aliphatic heterocycles. The number of nitrogens with zero attached hydrogens (tertiary/aromatic N) is 2. The third-order valence-corrected chi connectivity index (χ3v) is 5.69. The van der Waals surface area contributed by atoms with Gasteiger partial charge in [-0.3, -0.25) is 9.59 Å². The van der Waals surface area contributed by atoms with E-state index < -0.39 is 0 Å². The van der Waals surface area contributed by atoms with Gasteiger partial charge in [0.2, 0.25) is 5.91 Å². The van der Waals surface area contributed by atoms with Crippen molar-refractivity contribution in [3.8, 4) is 11.4 Å². The lowest BCUT2D eigenvalue weighted by Crippen LogP contribution is -2.20. The van der Waals surface area contributed by atoms with Crippen LogP contribution in [0.25, 0.3) is 5.69 Å². The van der Waals surface area contributed by atoms with Gasteiger partial charge in [-0.25, -0.2) is 4.68 Å². The first-order valence-corrected chi connectivity index (χ1v) is 9.89. The van der Waals surface area contributed by atoms with Crippen molar-refractivity contribution in [2.75, 3.05) is 17.7 Å². The van der Waals surface area contributed by atoms with Crippen LogP contribution >= 0.6 is 11.6 Å². The van der Waals surface area contributed by atoms with Gasteiger partial charge in [-0.2, -0.15) is 5.10 Å². The van der Waals surface area contributed by atoms with Gasteiger partial charge in [0.05, 0.1) is 34.9 Å². The molecule has 30 heavy (non-hydrogen) atoms. The molecule has 0 radical (unpaired) electrons. The molecular formula is C22H21ClN4O3. The predicted octanol–water partition coefficient (Wildman–Crippen LogP) is 4.29. The Hall–Kier alpha value is -3.32. The molecule has 2 amide bonds. The summed E-state index contributed by atoms with van der Waals surface area (Å²) in [5, 5.41) is 10.8. The van der Waals surface area contributed by atoms with Crippen molar-refractivity contribution in [1.82, 2.24) is 9.78 Å². The summed E-state index contributed by atoms with van der Waals surface area (Å²) in [7, 11) is 1.55. The lowest BCUT2D eigenvalue weighted by molar-refractivity contribution is -0.116. The summed E-state index contributed by atoms with van der Waals surface area (Å²) < 4.78 is 7.17. The molecule has 1 aromatic heterocycles. The van der Waals surface area contributed by atoms with Crippen LogP contribution in [0.4, 0.5) is 11.4 Å². The van der Waals surface area contributed by atoms with Gasteiger partial charge in [0.1, 0.15) is 5.75 Å². The van der Waals surface area contributed by atoms with Gasteiger partial charge < -0.3 is 15.4 Å². The molecule has 2 heterocycles. The first-order valence-electron chi connectivity index (χ1n) is 9.51. The zero-order valence-corrected chi connectivity index (χ0v) is 17.6. The fourth-order valence-electron chi connectivity index (χ4n) is 3.50. The number of hydrogen-bond donors (Lipinski definition) is 2. The molecule has 0 bridgehead atoms. The zero-order valence-electron chi connectivity index (χ0n) is 16.9. The summed E-state index contributed by atoms with van der Waals surface area (Å²) in [5.74, 6) is 0.227. The van der Waals surface area contributed by atoms with Crippen LogP contribution in [-0.2, 0) is 11.2 Å². The molecule has 2 N–H and O–H groups in total. The first kappa shape index (κ1) is 20.0. The van der Waals surface area contributed by atoms with Crippen LogP contribution in [0.15, 0.2) is 36.4 Å². The van der Waals surface area contributed by atoms with Crippen LogP contribution in [0.2, 0.25) is 5.02 Å². The van der Waals surface area contributed by atoms with E-state index in [2.05, 4.69) is 15.7 Å². The maximum atomic E-state index is 12.8. The van der Waals surface area contributed by atoms with Crippen molar-refractivity contribution in [3.63, 3.8) is 0 Å². The molecule has 7 nitrogen and oxygen atoms in total.